The fourth-order valence-corrected chi connectivity index (χ4v) is 4.74. The van der Waals surface area contributed by atoms with Crippen molar-refractivity contribution in [3.63, 3.8) is 0 Å². The van der Waals surface area contributed by atoms with Gasteiger partial charge in [-0.3, -0.25) is 4.99 Å². The Morgan fingerprint density at radius 3 is 2.90 bits per heavy atom. The van der Waals surface area contributed by atoms with Gasteiger partial charge in [-0.2, -0.15) is 0 Å². The van der Waals surface area contributed by atoms with Crippen LogP contribution < -0.4 is 10.8 Å². The molecule has 8 heteroatoms. The second-order valence-corrected chi connectivity index (χ2v) is 9.20. The number of benzene rings is 1. The van der Waals surface area contributed by atoms with E-state index in [9.17, 15) is 9.90 Å². The minimum absolute atomic E-state index is 0.0604. The van der Waals surface area contributed by atoms with E-state index in [0.29, 0.717) is 13.1 Å². The molecule has 156 valence electrons. The number of carbonyl (C=O) groups is 1. The van der Waals surface area contributed by atoms with Crippen LogP contribution in [0, 0.1) is 13.8 Å². The number of hydrogen-bond acceptors (Lipinski definition) is 5. The SMILES string of the molecule is Cc1cc(C)c(/C=c2\cc3c([nH]2)=NC(=N[C@H]2CCN(C(=O)OC4CC4)C2)S3)c(O)c1. The largest absolute Gasteiger partial charge is 0.507 e. The van der Waals surface area contributed by atoms with Crippen LogP contribution in [0.1, 0.15) is 36.0 Å². The summed E-state index contributed by atoms with van der Waals surface area (Å²) in [7, 11) is 0. The summed E-state index contributed by atoms with van der Waals surface area (Å²) in [6.45, 7) is 5.23. The van der Waals surface area contributed by atoms with E-state index in [1.165, 1.54) is 11.8 Å². The van der Waals surface area contributed by atoms with E-state index >= 15 is 0 Å². The van der Waals surface area contributed by atoms with E-state index in [1.54, 1.807) is 11.0 Å². The molecular formula is C22H24N4O3S. The Bertz CT molecular complexity index is 1140. The van der Waals surface area contributed by atoms with Crippen molar-refractivity contribution >= 4 is 29.1 Å². The molecule has 3 aliphatic rings. The van der Waals surface area contributed by atoms with Crippen molar-refractivity contribution in [1.82, 2.24) is 9.88 Å². The number of aromatic nitrogens is 1. The predicted molar refractivity (Wildman–Crippen MR) is 115 cm³/mol. The average Bonchev–Trinajstić information content (AvgIpc) is 3.07. The maximum atomic E-state index is 12.1. The number of aryl methyl sites for hydroxylation is 2. The molecule has 1 saturated heterocycles. The summed E-state index contributed by atoms with van der Waals surface area (Å²) in [4.78, 5) is 27.5. The summed E-state index contributed by atoms with van der Waals surface area (Å²) in [5, 5.41) is 11.9. The molecular weight excluding hydrogens is 400 g/mol. The summed E-state index contributed by atoms with van der Waals surface area (Å²) in [5.41, 5.74) is 3.66. The molecule has 1 aliphatic carbocycles. The maximum Gasteiger partial charge on any atom is 0.410 e. The summed E-state index contributed by atoms with van der Waals surface area (Å²) < 4.78 is 5.37. The van der Waals surface area contributed by atoms with Gasteiger partial charge in [0, 0.05) is 24.0 Å². The van der Waals surface area contributed by atoms with Crippen LogP contribution in [0.4, 0.5) is 4.79 Å². The second-order valence-electron chi connectivity index (χ2n) is 8.19. The highest BCUT2D eigenvalue weighted by molar-refractivity contribution is 8.14. The van der Waals surface area contributed by atoms with E-state index in [-0.39, 0.29) is 24.0 Å². The fourth-order valence-electron chi connectivity index (χ4n) is 3.83. The highest BCUT2D eigenvalue weighted by Gasteiger charge is 2.32. The number of carbonyl (C=O) groups excluding carboxylic acids is 1. The lowest BCUT2D eigenvalue weighted by Gasteiger charge is -2.15. The van der Waals surface area contributed by atoms with Gasteiger partial charge in [-0.15, -0.1) is 0 Å². The molecule has 30 heavy (non-hydrogen) atoms. The average molecular weight is 425 g/mol. The Morgan fingerprint density at radius 2 is 2.17 bits per heavy atom. The van der Waals surface area contributed by atoms with Crippen LogP contribution in [0.25, 0.3) is 6.08 Å². The molecule has 2 aliphatic heterocycles. The van der Waals surface area contributed by atoms with Crippen molar-refractivity contribution in [2.24, 2.45) is 9.98 Å². The number of thioether (sulfide) groups is 1. The van der Waals surface area contributed by atoms with Crippen molar-refractivity contribution in [3.05, 3.63) is 45.7 Å². The van der Waals surface area contributed by atoms with Gasteiger partial charge in [0.25, 0.3) is 0 Å². The summed E-state index contributed by atoms with van der Waals surface area (Å²) >= 11 is 1.53. The molecule has 1 atom stereocenters. The van der Waals surface area contributed by atoms with Crippen LogP contribution >= 0.6 is 11.8 Å². The number of ether oxygens (including phenoxy) is 1. The number of H-pyrrole nitrogens is 1. The number of hydrogen-bond donors (Lipinski definition) is 2. The number of aromatic amines is 1. The first-order chi connectivity index (χ1) is 14.4. The molecule has 1 aromatic carbocycles. The zero-order valence-electron chi connectivity index (χ0n) is 17.0. The number of amidine groups is 1. The van der Waals surface area contributed by atoms with Gasteiger partial charge in [0.05, 0.1) is 10.9 Å². The number of phenolic OH excluding ortho intramolecular Hbond substituents is 1. The van der Waals surface area contributed by atoms with Gasteiger partial charge in [-0.05, 0) is 74.2 Å². The zero-order chi connectivity index (χ0) is 20.8. The number of nitrogens with one attached hydrogen (secondary N) is 1. The molecule has 5 rings (SSSR count). The lowest BCUT2D eigenvalue weighted by atomic mass is 10.0. The van der Waals surface area contributed by atoms with E-state index in [1.807, 2.05) is 26.0 Å². The first-order valence-electron chi connectivity index (χ1n) is 10.3. The van der Waals surface area contributed by atoms with Crippen molar-refractivity contribution in [2.45, 2.75) is 50.2 Å². The van der Waals surface area contributed by atoms with E-state index in [4.69, 9.17) is 9.73 Å². The van der Waals surface area contributed by atoms with Crippen LogP contribution in [-0.2, 0) is 4.74 Å². The Morgan fingerprint density at radius 1 is 1.33 bits per heavy atom. The normalized spacial score (nSPS) is 22.5. The molecule has 1 aromatic heterocycles. The highest BCUT2D eigenvalue weighted by atomic mass is 32.2. The first-order valence-corrected chi connectivity index (χ1v) is 11.1. The van der Waals surface area contributed by atoms with Crippen LogP contribution in [0.15, 0.2) is 33.1 Å². The number of aliphatic imine (C=N–C) groups is 1. The van der Waals surface area contributed by atoms with Crippen molar-refractivity contribution in [3.8, 4) is 5.75 Å². The Balaban J connectivity index is 1.31. The predicted octanol–water partition coefficient (Wildman–Crippen LogP) is 2.62. The number of amides is 1. The summed E-state index contributed by atoms with van der Waals surface area (Å²) in [6, 6.07) is 5.91. The lowest BCUT2D eigenvalue weighted by Crippen LogP contribution is -2.30. The molecule has 3 heterocycles. The quantitative estimate of drug-likeness (QED) is 0.793. The molecule has 2 fully saturated rings. The highest BCUT2D eigenvalue weighted by Crippen LogP contribution is 2.27. The number of aromatic hydroxyl groups is 1. The molecule has 2 aromatic rings. The first kappa shape index (κ1) is 19.2. The van der Waals surface area contributed by atoms with Gasteiger partial charge < -0.3 is 19.7 Å². The van der Waals surface area contributed by atoms with E-state index in [0.717, 1.165) is 56.9 Å². The zero-order valence-corrected chi connectivity index (χ0v) is 17.8. The number of phenols is 1. The molecule has 1 saturated carbocycles. The minimum Gasteiger partial charge on any atom is -0.507 e. The third-order valence-electron chi connectivity index (χ3n) is 5.51. The second kappa shape index (κ2) is 7.50. The molecule has 0 unspecified atom stereocenters. The Hall–Kier alpha value is -2.74. The van der Waals surface area contributed by atoms with Gasteiger partial charge in [-0.1, -0.05) is 6.07 Å². The third kappa shape index (κ3) is 3.96. The van der Waals surface area contributed by atoms with E-state index < -0.39 is 0 Å². The van der Waals surface area contributed by atoms with Crippen molar-refractivity contribution in [1.29, 1.82) is 0 Å². The number of rotatable bonds is 3. The summed E-state index contributed by atoms with van der Waals surface area (Å²) in [5.74, 6) is 0.278. The van der Waals surface area contributed by atoms with Crippen molar-refractivity contribution < 1.29 is 14.6 Å². The molecule has 1 amide bonds. The molecule has 7 nitrogen and oxygen atoms in total. The molecule has 0 radical (unpaired) electrons. The number of likely N-dealkylation sites (tertiary alicyclic amines) is 1. The van der Waals surface area contributed by atoms with E-state index in [2.05, 4.69) is 16.0 Å². The Kier molecular flexibility index (Phi) is 4.81. The topological polar surface area (TPSA) is 90.3 Å². The van der Waals surface area contributed by atoms with Gasteiger partial charge >= 0.3 is 6.09 Å². The minimum atomic E-state index is -0.212. The standard InChI is InChI=1S/C22H24N4O3S/c1-12-7-13(2)17(18(27)8-12)9-15-10-19-20(23-15)25-21(30-19)24-14-5-6-26(11-14)22(28)29-16-3-4-16/h7-10,14,16,27H,3-6,11H2,1-2H3,(H,23,24,25)/b15-9+/t14-/m0/s1. The van der Waals surface area contributed by atoms with Crippen molar-refractivity contribution in [2.75, 3.05) is 13.1 Å². The van der Waals surface area contributed by atoms with Crippen LogP contribution in [0.3, 0.4) is 0 Å². The van der Waals surface area contributed by atoms with Gasteiger partial charge in [0.1, 0.15) is 17.3 Å². The van der Waals surface area contributed by atoms with Crippen LogP contribution in [0.2, 0.25) is 0 Å². The maximum absolute atomic E-state index is 12.1. The number of nitrogens with zero attached hydrogens (tertiary/aromatic N) is 3. The summed E-state index contributed by atoms with van der Waals surface area (Å²) in [6.07, 6.45) is 4.66. The monoisotopic (exact) mass is 424 g/mol. The third-order valence-corrected chi connectivity index (χ3v) is 6.42. The van der Waals surface area contributed by atoms with Gasteiger partial charge in [0.2, 0.25) is 0 Å². The van der Waals surface area contributed by atoms with Crippen LogP contribution in [0.5, 0.6) is 5.75 Å². The number of fused-ring (bicyclic) bond motifs is 1. The van der Waals surface area contributed by atoms with Crippen LogP contribution in [-0.4, -0.2) is 51.5 Å². The molecule has 0 bridgehead atoms. The van der Waals surface area contributed by atoms with Gasteiger partial charge in [-0.25, -0.2) is 9.79 Å². The fraction of sp³-hybridized carbons (Fsp3) is 0.409. The molecule has 2 N–H and O–H groups in total. The van der Waals surface area contributed by atoms with Gasteiger partial charge in [0.15, 0.2) is 5.17 Å². The Labute approximate surface area is 178 Å². The molecule has 0 spiro atoms. The lowest BCUT2D eigenvalue weighted by molar-refractivity contribution is 0.103. The smallest absolute Gasteiger partial charge is 0.410 e.